The molecule has 0 bridgehead atoms. The Kier molecular flexibility index (Phi) is 3.53. The molecule has 0 atom stereocenters. The van der Waals surface area contributed by atoms with E-state index in [1.54, 1.807) is 12.1 Å². The third-order valence-electron chi connectivity index (χ3n) is 2.10. The van der Waals surface area contributed by atoms with E-state index < -0.39 is 0 Å². The average Bonchev–Trinajstić information content (AvgIpc) is 2.38. The summed E-state index contributed by atoms with van der Waals surface area (Å²) in [5, 5.41) is 8.52. The lowest BCUT2D eigenvalue weighted by molar-refractivity contribution is 0.380. The standard InChI is InChI=1S/C11H10FN3OS/c1-16-10-11(17-2)15-14-9(13-10)7-4-3-5-8(12)6-7/h3-6H,1-2H3. The number of halogens is 1. The highest BCUT2D eigenvalue weighted by Crippen LogP contribution is 2.24. The zero-order valence-corrected chi connectivity index (χ0v) is 10.2. The van der Waals surface area contributed by atoms with E-state index in [9.17, 15) is 4.39 Å². The summed E-state index contributed by atoms with van der Waals surface area (Å²) in [4.78, 5) is 4.19. The smallest absolute Gasteiger partial charge is 0.250 e. The van der Waals surface area contributed by atoms with E-state index >= 15 is 0 Å². The summed E-state index contributed by atoms with van der Waals surface area (Å²) in [5.74, 6) is 0.407. The molecule has 0 amide bonds. The molecule has 0 aliphatic rings. The van der Waals surface area contributed by atoms with Crippen molar-refractivity contribution in [2.45, 2.75) is 5.03 Å². The third-order valence-corrected chi connectivity index (χ3v) is 2.74. The number of nitrogens with zero attached hydrogens (tertiary/aromatic N) is 3. The topological polar surface area (TPSA) is 47.9 Å². The second-order valence-electron chi connectivity index (χ2n) is 3.16. The average molecular weight is 251 g/mol. The summed E-state index contributed by atoms with van der Waals surface area (Å²) in [7, 11) is 1.51. The maximum absolute atomic E-state index is 13.1. The van der Waals surface area contributed by atoms with Crippen molar-refractivity contribution >= 4 is 11.8 Å². The Balaban J connectivity index is 2.46. The molecule has 4 nitrogen and oxygen atoms in total. The zero-order valence-electron chi connectivity index (χ0n) is 9.35. The fourth-order valence-corrected chi connectivity index (χ4v) is 1.74. The van der Waals surface area contributed by atoms with E-state index in [1.807, 2.05) is 6.26 Å². The maximum Gasteiger partial charge on any atom is 0.250 e. The van der Waals surface area contributed by atoms with E-state index in [2.05, 4.69) is 15.2 Å². The van der Waals surface area contributed by atoms with Crippen LogP contribution in [0.15, 0.2) is 29.3 Å². The molecule has 2 aromatic rings. The Hall–Kier alpha value is -1.69. The Bertz CT molecular complexity index is 536. The third kappa shape index (κ3) is 2.52. The first kappa shape index (κ1) is 11.8. The van der Waals surface area contributed by atoms with Crippen LogP contribution >= 0.6 is 11.8 Å². The molecule has 0 fully saturated rings. The van der Waals surface area contributed by atoms with Gasteiger partial charge in [0.2, 0.25) is 0 Å². The molecule has 17 heavy (non-hydrogen) atoms. The van der Waals surface area contributed by atoms with Crippen LogP contribution in [0.2, 0.25) is 0 Å². The zero-order chi connectivity index (χ0) is 12.3. The van der Waals surface area contributed by atoms with Crippen molar-refractivity contribution in [3.63, 3.8) is 0 Å². The number of methoxy groups -OCH3 is 1. The molecule has 2 rings (SSSR count). The number of benzene rings is 1. The lowest BCUT2D eigenvalue weighted by Gasteiger charge is -2.05. The number of thioether (sulfide) groups is 1. The SMILES string of the molecule is COc1nc(-c2cccc(F)c2)nnc1SC. The molecule has 0 saturated carbocycles. The summed E-state index contributed by atoms with van der Waals surface area (Å²) in [6, 6.07) is 6.04. The molecule has 0 N–H and O–H groups in total. The van der Waals surface area contributed by atoms with Gasteiger partial charge in [-0.2, -0.15) is 4.98 Å². The molecule has 0 aliphatic heterocycles. The number of aromatic nitrogens is 3. The lowest BCUT2D eigenvalue weighted by atomic mass is 10.2. The monoisotopic (exact) mass is 251 g/mol. The summed E-state index contributed by atoms with van der Waals surface area (Å²) in [6.45, 7) is 0. The molecule has 88 valence electrons. The van der Waals surface area contributed by atoms with Crippen LogP contribution in [0.1, 0.15) is 0 Å². The summed E-state index contributed by atoms with van der Waals surface area (Å²) >= 11 is 1.39. The van der Waals surface area contributed by atoms with E-state index in [0.29, 0.717) is 22.3 Å². The van der Waals surface area contributed by atoms with Gasteiger partial charge in [0.25, 0.3) is 5.88 Å². The molecule has 1 aromatic carbocycles. The molecule has 6 heteroatoms. The van der Waals surface area contributed by atoms with Crippen molar-refractivity contribution in [2.75, 3.05) is 13.4 Å². The van der Waals surface area contributed by atoms with Gasteiger partial charge in [-0.15, -0.1) is 22.0 Å². The van der Waals surface area contributed by atoms with Crippen LogP contribution < -0.4 is 4.74 Å². The van der Waals surface area contributed by atoms with Gasteiger partial charge in [0.05, 0.1) is 7.11 Å². The minimum absolute atomic E-state index is 0.334. The van der Waals surface area contributed by atoms with E-state index in [0.717, 1.165) is 0 Å². The highest BCUT2D eigenvalue weighted by molar-refractivity contribution is 7.98. The molecule has 0 radical (unpaired) electrons. The number of ether oxygens (including phenoxy) is 1. The highest BCUT2D eigenvalue weighted by atomic mass is 32.2. The highest BCUT2D eigenvalue weighted by Gasteiger charge is 2.10. The van der Waals surface area contributed by atoms with Gasteiger partial charge >= 0.3 is 0 Å². The van der Waals surface area contributed by atoms with E-state index in [-0.39, 0.29) is 5.82 Å². The van der Waals surface area contributed by atoms with Crippen LogP contribution in [-0.4, -0.2) is 28.5 Å². The predicted molar refractivity (Wildman–Crippen MR) is 63.6 cm³/mol. The predicted octanol–water partition coefficient (Wildman–Crippen LogP) is 2.41. The fraction of sp³-hybridized carbons (Fsp3) is 0.182. The van der Waals surface area contributed by atoms with E-state index in [1.165, 1.54) is 31.0 Å². The van der Waals surface area contributed by atoms with Crippen molar-refractivity contribution < 1.29 is 9.13 Å². The lowest BCUT2D eigenvalue weighted by Crippen LogP contribution is -1.99. The molecule has 0 aliphatic carbocycles. The van der Waals surface area contributed by atoms with Crippen LogP contribution in [0.25, 0.3) is 11.4 Å². The molecular formula is C11H10FN3OS. The molecule has 0 saturated heterocycles. The van der Waals surface area contributed by atoms with Crippen molar-refractivity contribution in [1.82, 2.24) is 15.2 Å². The summed E-state index contributed by atoms with van der Waals surface area (Å²) in [5.41, 5.74) is 0.573. The number of hydrogen-bond donors (Lipinski definition) is 0. The first-order valence-corrected chi connectivity index (χ1v) is 6.05. The molecule has 0 unspecified atom stereocenters. The minimum Gasteiger partial charge on any atom is -0.479 e. The van der Waals surface area contributed by atoms with Crippen molar-refractivity contribution in [3.05, 3.63) is 30.1 Å². The van der Waals surface area contributed by atoms with Crippen molar-refractivity contribution in [2.24, 2.45) is 0 Å². The van der Waals surface area contributed by atoms with Crippen LogP contribution in [-0.2, 0) is 0 Å². The Morgan fingerprint density at radius 3 is 2.76 bits per heavy atom. The molecule has 1 aromatic heterocycles. The first-order chi connectivity index (χ1) is 8.24. The maximum atomic E-state index is 13.1. The molecule has 1 heterocycles. The van der Waals surface area contributed by atoms with Gasteiger partial charge in [0.1, 0.15) is 5.82 Å². The Morgan fingerprint density at radius 1 is 1.29 bits per heavy atom. The summed E-state index contributed by atoms with van der Waals surface area (Å²) in [6.07, 6.45) is 1.86. The second-order valence-corrected chi connectivity index (χ2v) is 3.96. The minimum atomic E-state index is -0.334. The van der Waals surface area contributed by atoms with Gasteiger partial charge in [0, 0.05) is 5.56 Å². The fourth-order valence-electron chi connectivity index (χ4n) is 1.31. The molecule has 0 spiro atoms. The van der Waals surface area contributed by atoms with Crippen LogP contribution in [0.4, 0.5) is 4.39 Å². The van der Waals surface area contributed by atoms with Gasteiger partial charge in [-0.25, -0.2) is 4.39 Å². The first-order valence-electron chi connectivity index (χ1n) is 4.83. The normalized spacial score (nSPS) is 10.3. The number of hydrogen-bond acceptors (Lipinski definition) is 5. The number of rotatable bonds is 3. The van der Waals surface area contributed by atoms with Crippen molar-refractivity contribution in [1.29, 1.82) is 0 Å². The quantitative estimate of drug-likeness (QED) is 0.784. The Labute approximate surface area is 102 Å². The molecular weight excluding hydrogens is 241 g/mol. The Morgan fingerprint density at radius 2 is 2.12 bits per heavy atom. The van der Waals surface area contributed by atoms with Gasteiger partial charge in [0.15, 0.2) is 10.9 Å². The van der Waals surface area contributed by atoms with E-state index in [4.69, 9.17) is 4.74 Å². The van der Waals surface area contributed by atoms with Gasteiger partial charge < -0.3 is 4.74 Å². The van der Waals surface area contributed by atoms with Gasteiger partial charge in [-0.3, -0.25) is 0 Å². The van der Waals surface area contributed by atoms with Crippen molar-refractivity contribution in [3.8, 4) is 17.3 Å². The van der Waals surface area contributed by atoms with Crippen LogP contribution in [0.3, 0.4) is 0 Å². The largest absolute Gasteiger partial charge is 0.479 e. The van der Waals surface area contributed by atoms with Gasteiger partial charge in [-0.05, 0) is 18.4 Å². The second kappa shape index (κ2) is 5.09. The van der Waals surface area contributed by atoms with Crippen LogP contribution in [0, 0.1) is 5.82 Å². The van der Waals surface area contributed by atoms with Crippen LogP contribution in [0.5, 0.6) is 5.88 Å². The van der Waals surface area contributed by atoms with Gasteiger partial charge in [-0.1, -0.05) is 12.1 Å². The summed E-state index contributed by atoms with van der Waals surface area (Å²) < 4.78 is 18.2.